The molecular formula is C10H8F2N2O2. The zero-order valence-corrected chi connectivity index (χ0v) is 8.33. The number of anilines is 1. The maximum atomic E-state index is 13.5. The van der Waals surface area contributed by atoms with Crippen molar-refractivity contribution in [3.63, 3.8) is 0 Å². The van der Waals surface area contributed by atoms with Gasteiger partial charge >= 0.3 is 0 Å². The summed E-state index contributed by atoms with van der Waals surface area (Å²) < 4.78 is 36.5. The molecule has 0 fully saturated rings. The molecule has 16 heavy (non-hydrogen) atoms. The van der Waals surface area contributed by atoms with Crippen molar-refractivity contribution >= 4 is 5.82 Å². The Morgan fingerprint density at radius 2 is 1.88 bits per heavy atom. The summed E-state index contributed by atoms with van der Waals surface area (Å²) in [4.78, 5) is 0. The van der Waals surface area contributed by atoms with Gasteiger partial charge in [-0.1, -0.05) is 5.16 Å². The van der Waals surface area contributed by atoms with Crippen LogP contribution in [0.2, 0.25) is 0 Å². The van der Waals surface area contributed by atoms with Crippen LogP contribution in [0.5, 0.6) is 5.75 Å². The molecule has 1 aromatic carbocycles. The van der Waals surface area contributed by atoms with Gasteiger partial charge in [-0.2, -0.15) is 0 Å². The number of aromatic nitrogens is 1. The first-order valence-electron chi connectivity index (χ1n) is 4.37. The van der Waals surface area contributed by atoms with Crippen molar-refractivity contribution < 1.29 is 18.0 Å². The monoisotopic (exact) mass is 226 g/mol. The molecule has 84 valence electrons. The van der Waals surface area contributed by atoms with Gasteiger partial charge in [0.05, 0.1) is 12.7 Å². The van der Waals surface area contributed by atoms with E-state index in [0.717, 1.165) is 12.1 Å². The normalized spacial score (nSPS) is 10.4. The van der Waals surface area contributed by atoms with Crippen LogP contribution in [0.4, 0.5) is 14.6 Å². The van der Waals surface area contributed by atoms with E-state index in [1.54, 1.807) is 0 Å². The number of nitrogen functional groups attached to an aromatic ring is 1. The van der Waals surface area contributed by atoms with E-state index in [1.807, 2.05) is 0 Å². The second-order valence-electron chi connectivity index (χ2n) is 3.08. The number of nitrogens with two attached hydrogens (primary N) is 1. The highest BCUT2D eigenvalue weighted by molar-refractivity contribution is 5.62. The molecule has 0 aliphatic rings. The van der Waals surface area contributed by atoms with Gasteiger partial charge in [-0.05, 0) is 0 Å². The molecule has 0 aliphatic carbocycles. The predicted octanol–water partition coefficient (Wildman–Crippen LogP) is 2.21. The van der Waals surface area contributed by atoms with Gasteiger partial charge in [0.1, 0.15) is 17.4 Å². The molecule has 4 nitrogen and oxygen atoms in total. The maximum absolute atomic E-state index is 13.5. The number of hydrogen-bond donors (Lipinski definition) is 1. The molecular weight excluding hydrogens is 218 g/mol. The molecule has 1 heterocycles. The summed E-state index contributed by atoms with van der Waals surface area (Å²) in [7, 11) is 1.32. The number of methoxy groups -OCH3 is 1. The second kappa shape index (κ2) is 3.80. The van der Waals surface area contributed by atoms with Crippen molar-refractivity contribution in [3.05, 3.63) is 29.8 Å². The average Bonchev–Trinajstić information content (AvgIpc) is 2.63. The minimum absolute atomic E-state index is 0.0598. The highest BCUT2D eigenvalue weighted by Gasteiger charge is 2.17. The molecule has 2 aromatic rings. The molecule has 0 radical (unpaired) electrons. The topological polar surface area (TPSA) is 61.3 Å². The van der Waals surface area contributed by atoms with Gasteiger partial charge in [-0.3, -0.25) is 0 Å². The number of hydrogen-bond acceptors (Lipinski definition) is 4. The van der Waals surface area contributed by atoms with Gasteiger partial charge < -0.3 is 15.0 Å². The van der Waals surface area contributed by atoms with Gasteiger partial charge in [0.25, 0.3) is 0 Å². The average molecular weight is 226 g/mol. The van der Waals surface area contributed by atoms with Crippen LogP contribution in [0.15, 0.2) is 22.7 Å². The van der Waals surface area contributed by atoms with E-state index < -0.39 is 11.6 Å². The highest BCUT2D eigenvalue weighted by atomic mass is 19.1. The van der Waals surface area contributed by atoms with Crippen LogP contribution in [-0.2, 0) is 0 Å². The molecule has 0 spiro atoms. The Hall–Kier alpha value is -2.11. The summed E-state index contributed by atoms with van der Waals surface area (Å²) in [5.41, 5.74) is 4.98. The van der Waals surface area contributed by atoms with Crippen LogP contribution in [0.1, 0.15) is 0 Å². The Morgan fingerprint density at radius 1 is 1.25 bits per heavy atom. The molecule has 0 bridgehead atoms. The minimum Gasteiger partial charge on any atom is -0.497 e. The second-order valence-corrected chi connectivity index (χ2v) is 3.08. The quantitative estimate of drug-likeness (QED) is 0.852. The van der Waals surface area contributed by atoms with Crippen LogP contribution in [0.25, 0.3) is 11.3 Å². The number of rotatable bonds is 2. The van der Waals surface area contributed by atoms with E-state index in [9.17, 15) is 8.78 Å². The maximum Gasteiger partial charge on any atom is 0.174 e. The Labute approximate surface area is 89.6 Å². The fourth-order valence-electron chi connectivity index (χ4n) is 1.31. The van der Waals surface area contributed by atoms with Gasteiger partial charge in [0.2, 0.25) is 0 Å². The van der Waals surface area contributed by atoms with Crippen LogP contribution >= 0.6 is 0 Å². The van der Waals surface area contributed by atoms with Crippen molar-refractivity contribution in [2.45, 2.75) is 0 Å². The van der Waals surface area contributed by atoms with Gasteiger partial charge in [0.15, 0.2) is 11.6 Å². The Balaban J connectivity index is 2.57. The van der Waals surface area contributed by atoms with Crippen molar-refractivity contribution in [2.75, 3.05) is 12.8 Å². The van der Waals surface area contributed by atoms with E-state index in [0.29, 0.717) is 0 Å². The molecule has 0 saturated carbocycles. The molecule has 0 unspecified atom stereocenters. The summed E-state index contributed by atoms with van der Waals surface area (Å²) in [5, 5.41) is 3.36. The summed E-state index contributed by atoms with van der Waals surface area (Å²) in [5.74, 6) is -1.51. The van der Waals surface area contributed by atoms with Crippen LogP contribution < -0.4 is 10.5 Å². The van der Waals surface area contributed by atoms with E-state index in [4.69, 9.17) is 10.5 Å². The number of ether oxygens (including phenoxy) is 1. The molecule has 6 heteroatoms. The number of halogens is 2. The lowest BCUT2D eigenvalue weighted by atomic mass is 10.1. The lowest BCUT2D eigenvalue weighted by Crippen LogP contribution is -1.92. The van der Waals surface area contributed by atoms with Crippen molar-refractivity contribution in [1.29, 1.82) is 0 Å². The SMILES string of the molecule is COc1cc(F)c(-c2cc(N)no2)c(F)c1. The standard InChI is InChI=1S/C10H8F2N2O2/c1-15-5-2-6(11)10(7(12)3-5)8-4-9(13)14-16-8/h2-4H,1H3,(H2,13,14). The van der Waals surface area contributed by atoms with E-state index >= 15 is 0 Å². The summed E-state index contributed by atoms with van der Waals surface area (Å²) in [6.07, 6.45) is 0. The molecule has 0 saturated heterocycles. The molecule has 1 aromatic heterocycles. The van der Waals surface area contributed by atoms with Crippen molar-refractivity contribution in [1.82, 2.24) is 5.16 Å². The summed E-state index contributed by atoms with van der Waals surface area (Å²) >= 11 is 0. The largest absolute Gasteiger partial charge is 0.497 e. The first-order valence-corrected chi connectivity index (χ1v) is 4.37. The Morgan fingerprint density at radius 3 is 2.31 bits per heavy atom. The lowest BCUT2D eigenvalue weighted by molar-refractivity contribution is 0.404. The third-order valence-electron chi connectivity index (χ3n) is 2.03. The van der Waals surface area contributed by atoms with Gasteiger partial charge in [0, 0.05) is 18.2 Å². The zero-order chi connectivity index (χ0) is 11.7. The summed E-state index contributed by atoms with van der Waals surface area (Å²) in [6, 6.07) is 3.35. The van der Waals surface area contributed by atoms with Gasteiger partial charge in [-0.25, -0.2) is 8.78 Å². The Bertz CT molecular complexity index is 502. The van der Waals surface area contributed by atoms with Crippen molar-refractivity contribution in [3.8, 4) is 17.1 Å². The van der Waals surface area contributed by atoms with Crippen LogP contribution in [0, 0.1) is 11.6 Å². The fraction of sp³-hybridized carbons (Fsp3) is 0.100. The van der Waals surface area contributed by atoms with Crippen LogP contribution in [-0.4, -0.2) is 12.3 Å². The van der Waals surface area contributed by atoms with Crippen LogP contribution in [0.3, 0.4) is 0 Å². The number of benzene rings is 1. The third kappa shape index (κ3) is 1.69. The lowest BCUT2D eigenvalue weighted by Gasteiger charge is -2.04. The molecule has 2 rings (SSSR count). The molecule has 0 atom stereocenters. The van der Waals surface area contributed by atoms with Gasteiger partial charge in [-0.15, -0.1) is 0 Å². The van der Waals surface area contributed by atoms with E-state index in [-0.39, 0.29) is 22.9 Å². The third-order valence-corrected chi connectivity index (χ3v) is 2.03. The minimum atomic E-state index is -0.798. The first-order chi connectivity index (χ1) is 7.61. The molecule has 0 aliphatic heterocycles. The molecule has 2 N–H and O–H groups in total. The molecule has 0 amide bonds. The Kier molecular flexibility index (Phi) is 2.47. The first kappa shape index (κ1) is 10.4. The van der Waals surface area contributed by atoms with Crippen molar-refractivity contribution in [2.24, 2.45) is 0 Å². The smallest absolute Gasteiger partial charge is 0.174 e. The fourth-order valence-corrected chi connectivity index (χ4v) is 1.31. The predicted molar refractivity (Wildman–Crippen MR) is 52.8 cm³/mol. The number of nitrogens with zero attached hydrogens (tertiary/aromatic N) is 1. The highest BCUT2D eigenvalue weighted by Crippen LogP contribution is 2.30. The summed E-state index contributed by atoms with van der Waals surface area (Å²) in [6.45, 7) is 0. The van der Waals surface area contributed by atoms with E-state index in [2.05, 4.69) is 9.68 Å². The van der Waals surface area contributed by atoms with E-state index in [1.165, 1.54) is 13.2 Å². The zero-order valence-electron chi connectivity index (χ0n) is 8.33.